The molecule has 0 aliphatic heterocycles. The molecule has 2 amide bonds. The number of carbonyl (C=O) groups is 2. The van der Waals surface area contributed by atoms with Crippen LogP contribution in [0.1, 0.15) is 59.2 Å². The minimum Gasteiger partial charge on any atom is -0.352 e. The summed E-state index contributed by atoms with van der Waals surface area (Å²) in [6, 6.07) is 11.3. The second-order valence-corrected chi connectivity index (χ2v) is 7.25. The monoisotopic (exact) mass is 442 g/mol. The minimum absolute atomic E-state index is 0.112. The van der Waals surface area contributed by atoms with Gasteiger partial charge in [-0.3, -0.25) is 29.8 Å². The maximum absolute atomic E-state index is 12.0. The summed E-state index contributed by atoms with van der Waals surface area (Å²) in [6.07, 6.45) is 5.48. The molecule has 0 atom stereocenters. The molecular weight excluding hydrogens is 416 g/mol. The van der Waals surface area contributed by atoms with E-state index in [9.17, 15) is 29.8 Å². The van der Waals surface area contributed by atoms with Crippen molar-refractivity contribution in [1.82, 2.24) is 10.6 Å². The zero-order chi connectivity index (χ0) is 23.3. The Kier molecular flexibility index (Phi) is 9.76. The van der Waals surface area contributed by atoms with Gasteiger partial charge in [0, 0.05) is 48.5 Å². The highest BCUT2D eigenvalue weighted by Gasteiger charge is 2.12. The largest absolute Gasteiger partial charge is 0.352 e. The number of nitro benzene ring substituents is 2. The lowest BCUT2D eigenvalue weighted by Crippen LogP contribution is -2.24. The van der Waals surface area contributed by atoms with Crippen molar-refractivity contribution in [3.05, 3.63) is 79.9 Å². The summed E-state index contributed by atoms with van der Waals surface area (Å²) < 4.78 is 0. The molecule has 10 heteroatoms. The number of nitrogens with one attached hydrogen (secondary N) is 2. The van der Waals surface area contributed by atoms with Crippen LogP contribution in [0.3, 0.4) is 0 Å². The molecule has 2 aromatic carbocycles. The lowest BCUT2D eigenvalue weighted by Gasteiger charge is -2.06. The van der Waals surface area contributed by atoms with Crippen molar-refractivity contribution in [3.63, 3.8) is 0 Å². The third kappa shape index (κ3) is 8.13. The van der Waals surface area contributed by atoms with Crippen molar-refractivity contribution in [1.29, 1.82) is 0 Å². The van der Waals surface area contributed by atoms with E-state index in [2.05, 4.69) is 10.6 Å². The van der Waals surface area contributed by atoms with E-state index < -0.39 is 9.85 Å². The molecule has 0 aliphatic rings. The summed E-state index contributed by atoms with van der Waals surface area (Å²) in [5, 5.41) is 27.1. The van der Waals surface area contributed by atoms with Crippen molar-refractivity contribution >= 4 is 23.2 Å². The molecule has 2 N–H and O–H groups in total. The number of rotatable bonds is 13. The summed E-state index contributed by atoms with van der Waals surface area (Å²) in [5.74, 6) is -0.652. The maximum atomic E-state index is 12.0. The molecule has 0 aromatic heterocycles. The van der Waals surface area contributed by atoms with Crippen LogP contribution in [0, 0.1) is 20.2 Å². The Morgan fingerprint density at radius 3 is 1.41 bits per heavy atom. The minimum atomic E-state index is -0.532. The SMILES string of the molecule is O=C(NCCCCCCCCNC(=O)c1cccc([N+](=O)[O-])c1)c1cccc([N+](=O)[O-])c1. The average Bonchev–Trinajstić information content (AvgIpc) is 2.80. The average molecular weight is 442 g/mol. The van der Waals surface area contributed by atoms with E-state index in [1.54, 1.807) is 12.1 Å². The van der Waals surface area contributed by atoms with Gasteiger partial charge in [0.2, 0.25) is 0 Å². The quantitative estimate of drug-likeness (QED) is 0.272. The molecule has 0 fully saturated rings. The molecule has 2 aromatic rings. The molecule has 32 heavy (non-hydrogen) atoms. The fraction of sp³-hybridized carbons (Fsp3) is 0.364. The Morgan fingerprint density at radius 1 is 0.656 bits per heavy atom. The molecule has 0 saturated carbocycles. The van der Waals surface area contributed by atoms with E-state index in [-0.39, 0.29) is 34.3 Å². The summed E-state index contributed by atoms with van der Waals surface area (Å²) in [4.78, 5) is 44.5. The maximum Gasteiger partial charge on any atom is 0.270 e. The Bertz CT molecular complexity index is 885. The van der Waals surface area contributed by atoms with Gasteiger partial charge in [0.1, 0.15) is 0 Å². The van der Waals surface area contributed by atoms with Crippen molar-refractivity contribution in [2.45, 2.75) is 38.5 Å². The molecule has 0 bridgehead atoms. The number of carbonyl (C=O) groups excluding carboxylic acids is 2. The molecule has 10 nitrogen and oxygen atoms in total. The third-order valence-corrected chi connectivity index (χ3v) is 4.81. The predicted molar refractivity (Wildman–Crippen MR) is 119 cm³/mol. The third-order valence-electron chi connectivity index (χ3n) is 4.81. The molecule has 0 spiro atoms. The molecule has 170 valence electrons. The molecule has 2 rings (SSSR count). The molecule has 0 heterocycles. The van der Waals surface area contributed by atoms with E-state index in [1.807, 2.05) is 0 Å². The summed E-state index contributed by atoms with van der Waals surface area (Å²) >= 11 is 0. The number of nitrogens with zero attached hydrogens (tertiary/aromatic N) is 2. The molecule has 0 radical (unpaired) electrons. The number of non-ortho nitro benzene ring substituents is 2. The van der Waals surface area contributed by atoms with Crippen LogP contribution in [0.2, 0.25) is 0 Å². The van der Waals surface area contributed by atoms with Crippen LogP contribution in [0.15, 0.2) is 48.5 Å². The zero-order valence-electron chi connectivity index (χ0n) is 17.6. The first-order valence-electron chi connectivity index (χ1n) is 10.4. The Labute approximate surface area is 185 Å². The van der Waals surface area contributed by atoms with Crippen LogP contribution in [-0.4, -0.2) is 34.8 Å². The van der Waals surface area contributed by atoms with Gasteiger partial charge in [-0.1, -0.05) is 37.8 Å². The van der Waals surface area contributed by atoms with E-state index in [1.165, 1.54) is 36.4 Å². The van der Waals surface area contributed by atoms with Crippen molar-refractivity contribution in [2.75, 3.05) is 13.1 Å². The van der Waals surface area contributed by atoms with Crippen LogP contribution in [0.5, 0.6) is 0 Å². The van der Waals surface area contributed by atoms with E-state index in [0.29, 0.717) is 13.1 Å². The second-order valence-electron chi connectivity index (χ2n) is 7.25. The molecular formula is C22H26N4O6. The Morgan fingerprint density at radius 2 is 1.03 bits per heavy atom. The molecule has 0 saturated heterocycles. The molecule has 0 unspecified atom stereocenters. The van der Waals surface area contributed by atoms with Gasteiger partial charge in [-0.25, -0.2) is 0 Å². The normalized spacial score (nSPS) is 10.4. The van der Waals surface area contributed by atoms with Crippen molar-refractivity contribution in [2.24, 2.45) is 0 Å². The standard InChI is InChI=1S/C22H26N4O6/c27-21(17-9-7-11-19(15-17)25(29)30)23-13-5-3-1-2-4-6-14-24-22(28)18-10-8-12-20(16-18)26(31)32/h7-12,15-16H,1-6,13-14H2,(H,23,27)(H,24,28). The summed E-state index contributed by atoms with van der Waals surface area (Å²) in [5.41, 5.74) is 0.315. The van der Waals surface area contributed by atoms with Gasteiger partial charge in [0.25, 0.3) is 23.2 Å². The van der Waals surface area contributed by atoms with Crippen LogP contribution in [0.25, 0.3) is 0 Å². The van der Waals surface area contributed by atoms with Crippen LogP contribution in [-0.2, 0) is 0 Å². The lowest BCUT2D eigenvalue weighted by atomic mass is 10.1. The highest BCUT2D eigenvalue weighted by atomic mass is 16.6. The highest BCUT2D eigenvalue weighted by Crippen LogP contribution is 2.14. The number of unbranched alkanes of at least 4 members (excludes halogenated alkanes) is 5. The van der Waals surface area contributed by atoms with Crippen molar-refractivity contribution in [3.8, 4) is 0 Å². The smallest absolute Gasteiger partial charge is 0.270 e. The van der Waals surface area contributed by atoms with Gasteiger partial charge in [-0.05, 0) is 25.0 Å². The number of nitro groups is 2. The fourth-order valence-corrected chi connectivity index (χ4v) is 3.09. The van der Waals surface area contributed by atoms with Crippen LogP contribution in [0.4, 0.5) is 11.4 Å². The van der Waals surface area contributed by atoms with Gasteiger partial charge >= 0.3 is 0 Å². The predicted octanol–water partition coefficient (Wildman–Crippen LogP) is 4.00. The fourth-order valence-electron chi connectivity index (χ4n) is 3.09. The number of hydrogen-bond acceptors (Lipinski definition) is 6. The first kappa shape index (κ1) is 24.4. The lowest BCUT2D eigenvalue weighted by molar-refractivity contribution is -0.385. The highest BCUT2D eigenvalue weighted by molar-refractivity contribution is 5.95. The van der Waals surface area contributed by atoms with E-state index in [4.69, 9.17) is 0 Å². The topological polar surface area (TPSA) is 144 Å². The van der Waals surface area contributed by atoms with E-state index in [0.717, 1.165) is 38.5 Å². The molecule has 0 aliphatic carbocycles. The Hall–Kier alpha value is -3.82. The van der Waals surface area contributed by atoms with E-state index >= 15 is 0 Å². The summed E-state index contributed by atoms with van der Waals surface area (Å²) in [7, 11) is 0. The first-order chi connectivity index (χ1) is 15.4. The zero-order valence-corrected chi connectivity index (χ0v) is 17.6. The van der Waals surface area contributed by atoms with Crippen LogP contribution >= 0.6 is 0 Å². The van der Waals surface area contributed by atoms with Gasteiger partial charge < -0.3 is 10.6 Å². The Balaban J connectivity index is 1.52. The van der Waals surface area contributed by atoms with Gasteiger partial charge in [0.05, 0.1) is 9.85 Å². The number of benzene rings is 2. The van der Waals surface area contributed by atoms with Gasteiger partial charge in [-0.2, -0.15) is 0 Å². The van der Waals surface area contributed by atoms with Gasteiger partial charge in [-0.15, -0.1) is 0 Å². The van der Waals surface area contributed by atoms with Gasteiger partial charge in [0.15, 0.2) is 0 Å². The first-order valence-corrected chi connectivity index (χ1v) is 10.4. The van der Waals surface area contributed by atoms with Crippen LogP contribution < -0.4 is 10.6 Å². The second kappa shape index (κ2) is 12.8. The number of hydrogen-bond donors (Lipinski definition) is 2. The summed E-state index contributed by atoms with van der Waals surface area (Å²) in [6.45, 7) is 1.00. The van der Waals surface area contributed by atoms with Crippen molar-refractivity contribution < 1.29 is 19.4 Å². The number of amides is 2.